The first-order chi connectivity index (χ1) is 12.1. The molecule has 11 heteroatoms. The van der Waals surface area contributed by atoms with Crippen LogP contribution in [-0.4, -0.2) is 25.9 Å². The molecule has 10 nitrogen and oxygen atoms in total. The molecule has 3 aromatic rings. The number of nitrogens with two attached hydrogens (primary N) is 1. The number of benzene rings is 1. The van der Waals surface area contributed by atoms with Crippen LogP contribution in [0.2, 0.25) is 0 Å². The molecular formula is C14H13N7O3S. The lowest BCUT2D eigenvalue weighted by Gasteiger charge is -2.04. The van der Waals surface area contributed by atoms with Crippen LogP contribution in [0, 0.1) is 10.1 Å². The van der Waals surface area contributed by atoms with Gasteiger partial charge in [0.2, 0.25) is 11.9 Å². The number of hydrazone groups is 1. The SMILES string of the molecule is Nc1csc(NN=Cc2cccc(OCn3ccc([N+](=O)[O-])n3)c2)n1. The Bertz CT molecular complexity index is 905. The molecule has 0 saturated carbocycles. The zero-order valence-electron chi connectivity index (χ0n) is 12.8. The Morgan fingerprint density at radius 1 is 1.48 bits per heavy atom. The fraction of sp³-hybridized carbons (Fsp3) is 0.0714. The molecule has 0 unspecified atom stereocenters. The van der Waals surface area contributed by atoms with Gasteiger partial charge in [-0.25, -0.2) is 4.98 Å². The minimum Gasteiger partial charge on any atom is -0.469 e. The molecule has 0 bridgehead atoms. The molecule has 1 aromatic carbocycles. The van der Waals surface area contributed by atoms with Crippen molar-refractivity contribution in [1.82, 2.24) is 14.8 Å². The van der Waals surface area contributed by atoms with Crippen molar-refractivity contribution in [3.63, 3.8) is 0 Å². The van der Waals surface area contributed by atoms with Crippen LogP contribution >= 0.6 is 11.3 Å². The van der Waals surface area contributed by atoms with E-state index in [1.807, 2.05) is 12.1 Å². The molecular weight excluding hydrogens is 346 g/mol. The standard InChI is InChI=1S/C14H13N7O3S/c15-12-8-25-14(17-12)18-16-7-10-2-1-3-11(6-10)24-9-20-5-4-13(19-20)21(22)23/h1-8H,9,15H2,(H,17,18). The van der Waals surface area contributed by atoms with Gasteiger partial charge < -0.3 is 20.6 Å². The smallest absolute Gasteiger partial charge is 0.390 e. The quantitative estimate of drug-likeness (QED) is 0.375. The van der Waals surface area contributed by atoms with Crippen LogP contribution in [0.25, 0.3) is 0 Å². The lowest BCUT2D eigenvalue weighted by molar-refractivity contribution is -0.389. The van der Waals surface area contributed by atoms with Crippen LogP contribution in [0.1, 0.15) is 5.56 Å². The van der Waals surface area contributed by atoms with E-state index < -0.39 is 4.92 Å². The topological polar surface area (TPSA) is 133 Å². The molecule has 0 radical (unpaired) electrons. The normalized spacial score (nSPS) is 10.9. The van der Waals surface area contributed by atoms with Crippen LogP contribution in [0.15, 0.2) is 47.0 Å². The third-order valence-electron chi connectivity index (χ3n) is 2.93. The van der Waals surface area contributed by atoms with Gasteiger partial charge in [0.05, 0.1) is 23.6 Å². The number of aromatic nitrogens is 3. The molecule has 2 heterocycles. The first-order valence-corrected chi connectivity index (χ1v) is 7.89. The summed E-state index contributed by atoms with van der Waals surface area (Å²) in [6.07, 6.45) is 3.09. The second-order valence-electron chi connectivity index (χ2n) is 4.76. The van der Waals surface area contributed by atoms with E-state index in [-0.39, 0.29) is 12.5 Å². The fourth-order valence-corrected chi connectivity index (χ4v) is 2.39. The van der Waals surface area contributed by atoms with Gasteiger partial charge in [0.15, 0.2) is 0 Å². The summed E-state index contributed by atoms with van der Waals surface area (Å²) in [5.41, 5.74) is 9.12. The van der Waals surface area contributed by atoms with E-state index in [0.29, 0.717) is 16.7 Å². The van der Waals surface area contributed by atoms with Crippen molar-refractivity contribution >= 4 is 34.3 Å². The van der Waals surface area contributed by atoms with E-state index in [1.165, 1.54) is 28.3 Å². The largest absolute Gasteiger partial charge is 0.469 e. The number of nitrogens with zero attached hydrogens (tertiary/aromatic N) is 5. The van der Waals surface area contributed by atoms with Gasteiger partial charge in [-0.3, -0.25) is 5.43 Å². The van der Waals surface area contributed by atoms with Gasteiger partial charge in [-0.2, -0.15) is 5.10 Å². The Morgan fingerprint density at radius 3 is 3.08 bits per heavy atom. The number of nitrogen functional groups attached to an aromatic ring is 1. The van der Waals surface area contributed by atoms with E-state index in [1.54, 1.807) is 23.7 Å². The maximum Gasteiger partial charge on any atom is 0.390 e. The van der Waals surface area contributed by atoms with Crippen molar-refractivity contribution in [3.05, 3.63) is 57.6 Å². The van der Waals surface area contributed by atoms with E-state index in [9.17, 15) is 10.1 Å². The maximum absolute atomic E-state index is 10.6. The highest BCUT2D eigenvalue weighted by atomic mass is 32.1. The Kier molecular flexibility index (Phi) is 4.85. The van der Waals surface area contributed by atoms with Crippen molar-refractivity contribution < 1.29 is 9.66 Å². The molecule has 0 aliphatic heterocycles. The van der Waals surface area contributed by atoms with Crippen LogP contribution in [-0.2, 0) is 6.73 Å². The number of nitro groups is 1. The molecule has 2 aromatic heterocycles. The zero-order chi connectivity index (χ0) is 17.6. The maximum atomic E-state index is 10.6. The number of hydrogen-bond acceptors (Lipinski definition) is 9. The molecule has 0 saturated heterocycles. The molecule has 0 amide bonds. The number of ether oxygens (including phenoxy) is 1. The lowest BCUT2D eigenvalue weighted by Crippen LogP contribution is -2.06. The van der Waals surface area contributed by atoms with Crippen LogP contribution in [0.3, 0.4) is 0 Å². The predicted molar refractivity (Wildman–Crippen MR) is 93.7 cm³/mol. The van der Waals surface area contributed by atoms with Gasteiger partial charge in [0.1, 0.15) is 11.6 Å². The highest BCUT2D eigenvalue weighted by Gasteiger charge is 2.10. The number of thiazole rings is 1. The number of rotatable bonds is 7. The monoisotopic (exact) mass is 359 g/mol. The van der Waals surface area contributed by atoms with Crippen molar-refractivity contribution in [2.24, 2.45) is 5.10 Å². The van der Waals surface area contributed by atoms with E-state index in [0.717, 1.165) is 5.56 Å². The summed E-state index contributed by atoms with van der Waals surface area (Å²) in [4.78, 5) is 14.1. The van der Waals surface area contributed by atoms with Crippen LogP contribution < -0.4 is 15.9 Å². The summed E-state index contributed by atoms with van der Waals surface area (Å²) in [7, 11) is 0. The lowest BCUT2D eigenvalue weighted by atomic mass is 10.2. The minimum atomic E-state index is -0.559. The molecule has 3 N–H and O–H groups in total. The first-order valence-electron chi connectivity index (χ1n) is 7.01. The predicted octanol–water partition coefficient (Wildman–Crippen LogP) is 2.31. The zero-order valence-corrected chi connectivity index (χ0v) is 13.6. The average Bonchev–Trinajstić information content (AvgIpc) is 3.23. The molecule has 0 atom stereocenters. The van der Waals surface area contributed by atoms with Gasteiger partial charge in [0.25, 0.3) is 0 Å². The van der Waals surface area contributed by atoms with Crippen LogP contribution in [0.5, 0.6) is 5.75 Å². The molecule has 25 heavy (non-hydrogen) atoms. The summed E-state index contributed by atoms with van der Waals surface area (Å²) in [5.74, 6) is 0.802. The van der Waals surface area contributed by atoms with Crippen molar-refractivity contribution in [3.8, 4) is 5.75 Å². The third kappa shape index (κ3) is 4.51. The molecule has 128 valence electrons. The molecule has 0 fully saturated rings. The van der Waals surface area contributed by atoms with Gasteiger partial charge in [0, 0.05) is 5.38 Å². The Morgan fingerprint density at radius 2 is 2.36 bits per heavy atom. The summed E-state index contributed by atoms with van der Waals surface area (Å²) < 4.78 is 6.90. The second-order valence-corrected chi connectivity index (χ2v) is 5.62. The summed E-state index contributed by atoms with van der Waals surface area (Å²) in [6, 6.07) is 8.52. The van der Waals surface area contributed by atoms with Gasteiger partial charge >= 0.3 is 5.82 Å². The fourth-order valence-electron chi connectivity index (χ4n) is 1.85. The van der Waals surface area contributed by atoms with Gasteiger partial charge in [-0.05, 0) is 22.6 Å². The molecule has 3 rings (SSSR count). The average molecular weight is 359 g/mol. The molecule has 0 aliphatic carbocycles. The van der Waals surface area contributed by atoms with E-state index >= 15 is 0 Å². The Hall–Kier alpha value is -3.47. The highest BCUT2D eigenvalue weighted by molar-refractivity contribution is 7.14. The summed E-state index contributed by atoms with van der Waals surface area (Å²) in [6.45, 7) is 0.0606. The second kappa shape index (κ2) is 7.40. The Balaban J connectivity index is 1.57. The number of anilines is 2. The van der Waals surface area contributed by atoms with Gasteiger partial charge in [-0.15, -0.1) is 16.0 Å². The van der Waals surface area contributed by atoms with Gasteiger partial charge in [-0.1, -0.05) is 12.1 Å². The van der Waals surface area contributed by atoms with Crippen LogP contribution in [0.4, 0.5) is 16.8 Å². The first kappa shape index (κ1) is 16.4. The van der Waals surface area contributed by atoms with Crippen molar-refractivity contribution in [2.75, 3.05) is 11.2 Å². The highest BCUT2D eigenvalue weighted by Crippen LogP contribution is 2.17. The number of hydrogen-bond donors (Lipinski definition) is 2. The molecule has 0 aliphatic rings. The van der Waals surface area contributed by atoms with E-state index in [4.69, 9.17) is 10.5 Å². The summed E-state index contributed by atoms with van der Waals surface area (Å²) >= 11 is 1.35. The minimum absolute atomic E-state index is 0.0606. The molecule has 0 spiro atoms. The van der Waals surface area contributed by atoms with Crippen molar-refractivity contribution in [2.45, 2.75) is 6.73 Å². The van der Waals surface area contributed by atoms with Crippen molar-refractivity contribution in [1.29, 1.82) is 0 Å². The Labute approximate surface area is 145 Å². The number of nitrogens with one attached hydrogen (secondary N) is 1. The van der Waals surface area contributed by atoms with E-state index in [2.05, 4.69) is 20.6 Å². The third-order valence-corrected chi connectivity index (χ3v) is 3.70. The summed E-state index contributed by atoms with van der Waals surface area (Å²) in [5, 5.41) is 20.8.